The van der Waals surface area contributed by atoms with Gasteiger partial charge in [-0.05, 0) is 0 Å². The molecule has 2 N–H and O–H groups in total. The molecule has 0 spiro atoms. The van der Waals surface area contributed by atoms with Crippen LogP contribution in [0.25, 0.3) is 0 Å². The number of rotatable bonds is 14. The molecule has 0 amide bonds. The third-order valence-electron chi connectivity index (χ3n) is 3.51. The fourth-order valence-corrected chi connectivity index (χ4v) is 2.22. The molecule has 0 aliphatic heterocycles. The third kappa shape index (κ3) is 34.8. The van der Waals surface area contributed by atoms with E-state index in [1.807, 2.05) is 0 Å². The molecule has 0 heterocycles. The molecule has 0 atom stereocenters. The normalized spacial score (nSPS) is 9.52. The molecule has 128 valence electrons. The molecule has 0 aliphatic rings. The van der Waals surface area contributed by atoms with Crippen LogP contribution in [0.4, 0.5) is 0 Å². The van der Waals surface area contributed by atoms with Crippen molar-refractivity contribution in [3.63, 3.8) is 0 Å². The van der Waals surface area contributed by atoms with Crippen molar-refractivity contribution in [2.75, 3.05) is 0 Å². The number of carboxylic acids is 2. The zero-order valence-corrected chi connectivity index (χ0v) is 14.6. The number of hydrogen-bond donors (Lipinski definition) is 2. The minimum absolute atomic E-state index is 0. The van der Waals surface area contributed by atoms with Crippen molar-refractivity contribution < 1.29 is 19.8 Å². The summed E-state index contributed by atoms with van der Waals surface area (Å²) in [4.78, 5) is 18.9. The summed E-state index contributed by atoms with van der Waals surface area (Å²) < 4.78 is 0. The fourth-order valence-electron chi connectivity index (χ4n) is 2.22. The summed E-state index contributed by atoms with van der Waals surface area (Å²) in [6.45, 7) is 2.29. The van der Waals surface area contributed by atoms with Crippen LogP contribution in [-0.4, -0.2) is 69.4 Å². The molecule has 0 fully saturated rings. The van der Waals surface area contributed by atoms with E-state index in [1.54, 1.807) is 0 Å². The summed E-state index contributed by atoms with van der Waals surface area (Å²) in [5.41, 5.74) is 0. The van der Waals surface area contributed by atoms with Gasteiger partial charge in [0.1, 0.15) is 6.42 Å². The van der Waals surface area contributed by atoms with Gasteiger partial charge >= 0.3 is 135 Å². The van der Waals surface area contributed by atoms with E-state index in [0.717, 1.165) is 0 Å². The molecular formula is C17H34LiNaO4. The van der Waals surface area contributed by atoms with Crippen LogP contribution < -0.4 is 0 Å². The van der Waals surface area contributed by atoms with Gasteiger partial charge in [-0.1, -0.05) is 13.3 Å². The predicted molar refractivity (Wildman–Crippen MR) is 98.7 cm³/mol. The molecule has 0 bridgehead atoms. The topological polar surface area (TPSA) is 74.6 Å². The molecular weight excluding hydrogens is 298 g/mol. The van der Waals surface area contributed by atoms with E-state index >= 15 is 0 Å². The van der Waals surface area contributed by atoms with Crippen LogP contribution in [0.1, 0.15) is 90.4 Å². The average molecular weight is 332 g/mol. The van der Waals surface area contributed by atoms with Gasteiger partial charge in [0.15, 0.2) is 0 Å². The molecule has 0 saturated carbocycles. The van der Waals surface area contributed by atoms with Crippen LogP contribution in [0.5, 0.6) is 0 Å². The first-order chi connectivity index (χ1) is 10.5. The maximum atomic E-state index is 9.43. The Hall–Kier alpha value is 0.537. The van der Waals surface area contributed by atoms with Gasteiger partial charge in [-0.15, -0.1) is 0 Å². The first-order valence-electron chi connectivity index (χ1n) is 8.98. The number of unbranched alkanes of at least 4 members (excludes halogenated alkanes) is 11. The Labute approximate surface area is 173 Å². The molecule has 0 aromatic rings. The van der Waals surface area contributed by atoms with E-state index in [1.165, 1.54) is 82.1 Å². The number of carboxylic acid groups (broad SMARTS) is 2. The van der Waals surface area contributed by atoms with Crippen LogP contribution in [0.15, 0.2) is 0 Å². The number of carbonyl (C=O) groups is 2. The zero-order valence-electron chi connectivity index (χ0n) is 14.6. The van der Waals surface area contributed by atoms with Crippen LogP contribution in [0.2, 0.25) is 5.09 Å². The number of hydrogen-bond acceptors (Lipinski definition) is 2. The second-order valence-corrected chi connectivity index (χ2v) is 5.85. The second kappa shape index (κ2) is 24.8. The Bertz CT molecular complexity index is 239. The summed E-state index contributed by atoms with van der Waals surface area (Å²) in [6.07, 6.45) is 16.7. The molecule has 0 aliphatic carbocycles. The van der Waals surface area contributed by atoms with E-state index in [4.69, 9.17) is 10.2 Å². The van der Waals surface area contributed by atoms with Gasteiger partial charge in [-0.3, -0.25) is 9.59 Å². The number of aliphatic carboxylic acids is 2. The van der Waals surface area contributed by atoms with Gasteiger partial charge in [0.2, 0.25) is 0 Å². The fraction of sp³-hybridized carbons (Fsp3) is 0.882. The first kappa shape index (κ1) is 28.3. The predicted octanol–water partition coefficient (Wildman–Crippen LogP) is 4.17. The van der Waals surface area contributed by atoms with Crippen molar-refractivity contribution in [2.24, 2.45) is 0 Å². The minimum atomic E-state index is -1.31. The summed E-state index contributed by atoms with van der Waals surface area (Å²) in [5, 5.41) is 16.8. The molecule has 0 aromatic carbocycles. The summed E-state index contributed by atoms with van der Waals surface area (Å²) in [7, 11) is 0. The summed E-state index contributed by atoms with van der Waals surface area (Å²) >= 11 is 2.29. The van der Waals surface area contributed by atoms with Crippen molar-refractivity contribution in [1.82, 2.24) is 0 Å². The second-order valence-electron chi connectivity index (χ2n) is 5.85. The van der Waals surface area contributed by atoms with Crippen LogP contribution in [0.3, 0.4) is 0 Å². The molecule has 0 unspecified atom stereocenters. The van der Waals surface area contributed by atoms with Gasteiger partial charge in [-0.2, -0.15) is 0 Å². The molecule has 0 saturated heterocycles. The Morgan fingerprint density at radius 3 is 1.22 bits per heavy atom. The van der Waals surface area contributed by atoms with Crippen molar-refractivity contribution in [1.29, 1.82) is 0 Å². The van der Waals surface area contributed by atoms with E-state index in [-0.39, 0.29) is 29.6 Å². The molecule has 0 radical (unpaired) electrons. The van der Waals surface area contributed by atoms with Gasteiger partial charge in [0.05, 0.1) is 0 Å². The third-order valence-corrected chi connectivity index (χ3v) is 3.51. The summed E-state index contributed by atoms with van der Waals surface area (Å²) in [6, 6.07) is 0. The Morgan fingerprint density at radius 1 is 0.696 bits per heavy atom. The standard InChI is InChI=1S/C14H29.C3H4O4.Li.Na.H/c1-3-5-7-9-11-13-14-12-10-8-6-4-2;4-2(5)1-3(6)7;;;/h1,3-14H2,2H3;1H2,(H,4,5)(H,6,7);;;. The molecule has 4 nitrogen and oxygen atoms in total. The Balaban J connectivity index is -0.000000425. The average Bonchev–Trinajstić information content (AvgIpc) is 2.44. The zero-order chi connectivity index (χ0) is 17.1. The van der Waals surface area contributed by atoms with E-state index in [9.17, 15) is 9.59 Å². The van der Waals surface area contributed by atoms with Gasteiger partial charge in [-0.25, -0.2) is 0 Å². The van der Waals surface area contributed by atoms with E-state index < -0.39 is 18.4 Å². The Morgan fingerprint density at radius 2 is 1.00 bits per heavy atom. The van der Waals surface area contributed by atoms with Gasteiger partial charge < -0.3 is 10.2 Å². The van der Waals surface area contributed by atoms with E-state index in [0.29, 0.717) is 0 Å². The van der Waals surface area contributed by atoms with E-state index in [2.05, 4.69) is 24.6 Å². The van der Waals surface area contributed by atoms with Crippen LogP contribution in [-0.2, 0) is 9.59 Å². The van der Waals surface area contributed by atoms with Crippen molar-refractivity contribution >= 4 is 59.2 Å². The monoisotopic (exact) mass is 332 g/mol. The van der Waals surface area contributed by atoms with Crippen LogP contribution >= 0.6 is 0 Å². The van der Waals surface area contributed by atoms with Crippen molar-refractivity contribution in [2.45, 2.75) is 95.5 Å². The van der Waals surface area contributed by atoms with Crippen molar-refractivity contribution in [3.05, 3.63) is 0 Å². The van der Waals surface area contributed by atoms with Crippen molar-refractivity contribution in [3.8, 4) is 0 Å². The molecule has 0 rings (SSSR count). The maximum absolute atomic E-state index is 9.43. The van der Waals surface area contributed by atoms with Gasteiger partial charge in [0, 0.05) is 0 Å². The summed E-state index contributed by atoms with van der Waals surface area (Å²) in [5.74, 6) is -2.62. The van der Waals surface area contributed by atoms with Gasteiger partial charge in [0.25, 0.3) is 0 Å². The first-order valence-corrected chi connectivity index (χ1v) is 8.98. The molecule has 23 heavy (non-hydrogen) atoms. The Kier molecular flexibility index (Phi) is 30.5. The SMILES string of the molecule is O=C(O)CC(=O)O.[Li][CH2]CCCCCCCCCCCCC.[NaH]. The van der Waals surface area contributed by atoms with Crippen LogP contribution in [0, 0.1) is 0 Å². The quantitative estimate of drug-likeness (QED) is 0.284. The molecule has 6 heteroatoms. The molecule has 0 aromatic heterocycles.